The quantitative estimate of drug-likeness (QED) is 0.420. The van der Waals surface area contributed by atoms with E-state index in [4.69, 9.17) is 18.6 Å². The summed E-state index contributed by atoms with van der Waals surface area (Å²) in [4.78, 5) is 29.5. The second-order valence-corrected chi connectivity index (χ2v) is 9.35. The zero-order valence-electron chi connectivity index (χ0n) is 22.0. The van der Waals surface area contributed by atoms with Gasteiger partial charge in [-0.1, -0.05) is 18.9 Å². The number of carbonyl (C=O) groups is 2. The number of ether oxygens (including phenoxy) is 3. The number of carbonyl (C=O) groups excluding carboxylic acids is 2. The van der Waals surface area contributed by atoms with Gasteiger partial charge >= 0.3 is 0 Å². The first-order chi connectivity index (χ1) is 17.9. The largest absolute Gasteiger partial charge is 0.493 e. The lowest BCUT2D eigenvalue weighted by Gasteiger charge is -2.32. The van der Waals surface area contributed by atoms with E-state index >= 15 is 0 Å². The normalized spacial score (nSPS) is 14.2. The molecule has 8 heteroatoms. The minimum absolute atomic E-state index is 0.0526. The van der Waals surface area contributed by atoms with Crippen LogP contribution in [0.1, 0.15) is 59.0 Å². The molecule has 1 aromatic heterocycles. The van der Waals surface area contributed by atoms with E-state index in [0.717, 1.165) is 36.8 Å². The van der Waals surface area contributed by atoms with Crippen LogP contribution in [0.25, 0.3) is 0 Å². The minimum atomic E-state index is -1.03. The maximum absolute atomic E-state index is 14.1. The van der Waals surface area contributed by atoms with Crippen molar-refractivity contribution in [2.75, 3.05) is 26.2 Å². The molecule has 1 aliphatic carbocycles. The van der Waals surface area contributed by atoms with Crippen LogP contribution < -0.4 is 24.4 Å². The number of furan rings is 1. The molecule has 1 aliphatic rings. The third-order valence-electron chi connectivity index (χ3n) is 6.65. The van der Waals surface area contributed by atoms with Gasteiger partial charge in [-0.25, -0.2) is 0 Å². The Hall–Kier alpha value is -3.94. The van der Waals surface area contributed by atoms with E-state index in [-0.39, 0.29) is 17.7 Å². The molecular formula is C29H34N2O6. The highest BCUT2D eigenvalue weighted by Gasteiger charge is 2.37. The van der Waals surface area contributed by atoms with E-state index < -0.39 is 11.9 Å². The molecule has 0 aliphatic heterocycles. The van der Waals surface area contributed by atoms with Gasteiger partial charge < -0.3 is 23.9 Å². The summed E-state index contributed by atoms with van der Waals surface area (Å²) in [5.74, 6) is 0.586. The second-order valence-electron chi connectivity index (χ2n) is 9.35. The average molecular weight is 507 g/mol. The molecule has 1 fully saturated rings. The topological polar surface area (TPSA) is 90.2 Å². The lowest BCUT2D eigenvalue weighted by Crippen LogP contribution is -2.46. The Morgan fingerprint density at radius 2 is 1.57 bits per heavy atom. The molecular weight excluding hydrogens is 472 g/mol. The molecule has 196 valence electrons. The average Bonchev–Trinajstić information content (AvgIpc) is 3.60. The fourth-order valence-corrected chi connectivity index (χ4v) is 5.02. The zero-order valence-corrected chi connectivity index (χ0v) is 22.0. The summed E-state index contributed by atoms with van der Waals surface area (Å²) in [6, 6.07) is 11.5. The van der Waals surface area contributed by atoms with Gasteiger partial charge in [-0.05, 0) is 79.8 Å². The van der Waals surface area contributed by atoms with Gasteiger partial charge in [-0.2, -0.15) is 0 Å². The summed E-state index contributed by atoms with van der Waals surface area (Å²) < 4.78 is 22.2. The lowest BCUT2D eigenvalue weighted by atomic mass is 9.99. The maximum atomic E-state index is 14.1. The molecule has 2 aromatic carbocycles. The molecule has 1 heterocycles. The monoisotopic (exact) mass is 506 g/mol. The molecule has 1 saturated carbocycles. The van der Waals surface area contributed by atoms with E-state index in [1.165, 1.54) is 32.5 Å². The van der Waals surface area contributed by atoms with Crippen LogP contribution in [-0.4, -0.2) is 39.2 Å². The van der Waals surface area contributed by atoms with Crippen molar-refractivity contribution in [3.05, 3.63) is 71.2 Å². The second kappa shape index (κ2) is 11.4. The van der Waals surface area contributed by atoms with E-state index in [2.05, 4.69) is 5.32 Å². The van der Waals surface area contributed by atoms with Gasteiger partial charge in [-0.3, -0.25) is 14.5 Å². The predicted octanol–water partition coefficient (Wildman–Crippen LogP) is 5.37. The molecule has 1 N–H and O–H groups in total. The van der Waals surface area contributed by atoms with Gasteiger partial charge in [0.1, 0.15) is 6.04 Å². The number of rotatable bonds is 9. The molecule has 4 rings (SSSR count). The molecule has 8 nitrogen and oxygen atoms in total. The van der Waals surface area contributed by atoms with E-state index in [9.17, 15) is 9.59 Å². The number of benzene rings is 2. The summed E-state index contributed by atoms with van der Waals surface area (Å²) in [6.45, 7) is 3.91. The number of nitrogens with zero attached hydrogens (tertiary/aromatic N) is 1. The first-order valence-corrected chi connectivity index (χ1v) is 12.4. The highest BCUT2D eigenvalue weighted by Crippen LogP contribution is 2.42. The van der Waals surface area contributed by atoms with Crippen molar-refractivity contribution in [1.29, 1.82) is 0 Å². The number of methoxy groups -OCH3 is 3. The molecule has 1 atom stereocenters. The number of amides is 2. The highest BCUT2D eigenvalue weighted by atomic mass is 16.5. The maximum Gasteiger partial charge on any atom is 0.294 e. The van der Waals surface area contributed by atoms with Crippen molar-refractivity contribution in [2.45, 2.75) is 51.6 Å². The Kier molecular flexibility index (Phi) is 8.06. The van der Waals surface area contributed by atoms with Gasteiger partial charge in [0.15, 0.2) is 17.3 Å². The van der Waals surface area contributed by atoms with E-state index in [1.807, 2.05) is 32.0 Å². The van der Waals surface area contributed by atoms with Crippen molar-refractivity contribution in [3.63, 3.8) is 0 Å². The molecule has 2 amide bonds. The summed E-state index contributed by atoms with van der Waals surface area (Å²) >= 11 is 0. The van der Waals surface area contributed by atoms with E-state index in [1.54, 1.807) is 24.3 Å². The van der Waals surface area contributed by atoms with Gasteiger partial charge in [0.05, 0.1) is 27.6 Å². The third-order valence-corrected chi connectivity index (χ3v) is 6.65. The fourth-order valence-electron chi connectivity index (χ4n) is 5.02. The fraction of sp³-hybridized carbons (Fsp3) is 0.379. The summed E-state index contributed by atoms with van der Waals surface area (Å²) in [5.41, 5.74) is 3.03. The predicted molar refractivity (Wildman–Crippen MR) is 141 cm³/mol. The Morgan fingerprint density at radius 3 is 2.08 bits per heavy atom. The first-order valence-electron chi connectivity index (χ1n) is 12.4. The SMILES string of the molecule is COc1cc([C@@H](C(=O)NC2CCCC2)N(C(=O)c2ccco2)c2cc(C)cc(C)c2)cc(OC)c1OC. The first kappa shape index (κ1) is 26.1. The van der Waals surface area contributed by atoms with Crippen molar-refractivity contribution in [3.8, 4) is 17.2 Å². The van der Waals surface area contributed by atoms with Crippen molar-refractivity contribution >= 4 is 17.5 Å². The standard InChI is InChI=1S/C29H34N2O6/c1-18-13-19(2)15-22(14-18)31(29(33)23-11-8-12-37-23)26(28(32)30-21-9-6-7-10-21)20-16-24(34-3)27(36-5)25(17-20)35-4/h8,11-17,21,26H,6-7,9-10H2,1-5H3,(H,30,32)/t26-/m0/s1. The van der Waals surface area contributed by atoms with Gasteiger partial charge in [-0.15, -0.1) is 0 Å². The van der Waals surface area contributed by atoms with Crippen molar-refractivity contribution in [2.24, 2.45) is 0 Å². The van der Waals surface area contributed by atoms with Crippen LogP contribution in [0.15, 0.2) is 53.1 Å². The van der Waals surface area contributed by atoms with Gasteiger partial charge in [0, 0.05) is 11.7 Å². The van der Waals surface area contributed by atoms with Crippen LogP contribution >= 0.6 is 0 Å². The number of nitrogens with one attached hydrogen (secondary N) is 1. The minimum Gasteiger partial charge on any atom is -0.493 e. The zero-order chi connectivity index (χ0) is 26.5. The van der Waals surface area contributed by atoms with Crippen LogP contribution in [0, 0.1) is 13.8 Å². The summed E-state index contributed by atoms with van der Waals surface area (Å²) in [6.07, 6.45) is 5.38. The molecule has 0 radical (unpaired) electrons. The van der Waals surface area contributed by atoms with Crippen LogP contribution in [0.4, 0.5) is 5.69 Å². The van der Waals surface area contributed by atoms with Gasteiger partial charge in [0.2, 0.25) is 11.7 Å². The van der Waals surface area contributed by atoms with Crippen LogP contribution in [0.3, 0.4) is 0 Å². The van der Waals surface area contributed by atoms with E-state index in [0.29, 0.717) is 28.5 Å². The number of hydrogen-bond acceptors (Lipinski definition) is 6. The molecule has 0 saturated heterocycles. The van der Waals surface area contributed by atoms with Crippen LogP contribution in [0.2, 0.25) is 0 Å². The third kappa shape index (κ3) is 5.58. The van der Waals surface area contributed by atoms with Crippen LogP contribution in [-0.2, 0) is 4.79 Å². The summed E-state index contributed by atoms with van der Waals surface area (Å²) in [5, 5.41) is 3.18. The number of hydrogen-bond donors (Lipinski definition) is 1. The molecule has 0 spiro atoms. The number of aryl methyl sites for hydroxylation is 2. The molecule has 0 bridgehead atoms. The lowest BCUT2D eigenvalue weighted by molar-refractivity contribution is -0.123. The van der Waals surface area contributed by atoms with Crippen molar-refractivity contribution in [1.82, 2.24) is 5.32 Å². The Morgan fingerprint density at radius 1 is 0.946 bits per heavy atom. The smallest absolute Gasteiger partial charge is 0.294 e. The van der Waals surface area contributed by atoms with Crippen LogP contribution in [0.5, 0.6) is 17.2 Å². The Labute approximate surface area is 217 Å². The van der Waals surface area contributed by atoms with Gasteiger partial charge in [0.25, 0.3) is 5.91 Å². The summed E-state index contributed by atoms with van der Waals surface area (Å²) in [7, 11) is 4.56. The highest BCUT2D eigenvalue weighted by molar-refractivity contribution is 6.08. The Bertz CT molecular complexity index is 1200. The Balaban J connectivity index is 1.93. The molecule has 3 aromatic rings. The molecule has 37 heavy (non-hydrogen) atoms. The molecule has 0 unspecified atom stereocenters. The van der Waals surface area contributed by atoms with Crippen molar-refractivity contribution < 1.29 is 28.2 Å². The number of anilines is 1.